The highest BCUT2D eigenvalue weighted by atomic mass is 32.2. The zero-order valence-electron chi connectivity index (χ0n) is 9.39. The highest BCUT2D eigenvalue weighted by Crippen LogP contribution is 2.33. The van der Waals surface area contributed by atoms with Crippen molar-refractivity contribution in [3.63, 3.8) is 0 Å². The Kier molecular flexibility index (Phi) is 4.19. The van der Waals surface area contributed by atoms with Crippen LogP contribution in [0.5, 0.6) is 0 Å². The van der Waals surface area contributed by atoms with E-state index in [1.807, 2.05) is 11.8 Å². The van der Waals surface area contributed by atoms with Crippen LogP contribution in [0.1, 0.15) is 17.7 Å². The molecule has 2 heteroatoms. The summed E-state index contributed by atoms with van der Waals surface area (Å²) in [6.07, 6.45) is 0. The molecular formula is C14H16S2. The normalized spacial score (nSPS) is 12.9. The van der Waals surface area contributed by atoms with E-state index >= 15 is 0 Å². The number of rotatable bonds is 4. The molecule has 1 unspecified atom stereocenters. The molecular weight excluding hydrogens is 232 g/mol. The Balaban J connectivity index is 2.36. The van der Waals surface area contributed by atoms with E-state index in [2.05, 4.69) is 62.0 Å². The molecule has 0 saturated carbocycles. The van der Waals surface area contributed by atoms with Gasteiger partial charge in [-0.05, 0) is 29.0 Å². The SMILES string of the molecule is CC(SCCS)c1cccc2ccccc12. The van der Waals surface area contributed by atoms with Crippen molar-refractivity contribution in [2.45, 2.75) is 12.2 Å². The van der Waals surface area contributed by atoms with Crippen molar-refractivity contribution in [2.24, 2.45) is 0 Å². The van der Waals surface area contributed by atoms with Crippen molar-refractivity contribution >= 4 is 35.2 Å². The fraction of sp³-hybridized carbons (Fsp3) is 0.286. The Bertz CT molecular complexity index is 460. The third-order valence-electron chi connectivity index (χ3n) is 2.72. The van der Waals surface area contributed by atoms with Gasteiger partial charge in [0.2, 0.25) is 0 Å². The van der Waals surface area contributed by atoms with Crippen molar-refractivity contribution < 1.29 is 0 Å². The smallest absolute Gasteiger partial charge is 0.0275 e. The fourth-order valence-corrected chi connectivity index (χ4v) is 3.08. The average molecular weight is 248 g/mol. The molecule has 1 atom stereocenters. The predicted octanol–water partition coefficient (Wildman–Crippen LogP) is 4.56. The molecule has 2 aromatic rings. The molecule has 0 radical (unpaired) electrons. The molecule has 2 aromatic carbocycles. The van der Waals surface area contributed by atoms with Crippen LogP contribution >= 0.6 is 24.4 Å². The second-order valence-corrected chi connectivity index (χ2v) is 5.70. The van der Waals surface area contributed by atoms with Gasteiger partial charge in [0.1, 0.15) is 0 Å². The lowest BCUT2D eigenvalue weighted by atomic mass is 10.0. The molecule has 0 saturated heterocycles. The van der Waals surface area contributed by atoms with Crippen LogP contribution in [0.25, 0.3) is 10.8 Å². The van der Waals surface area contributed by atoms with Crippen LogP contribution in [0.4, 0.5) is 0 Å². The molecule has 0 aromatic heterocycles. The molecule has 2 rings (SSSR count). The largest absolute Gasteiger partial charge is 0.179 e. The average Bonchev–Trinajstić information content (AvgIpc) is 2.35. The van der Waals surface area contributed by atoms with Gasteiger partial charge >= 0.3 is 0 Å². The van der Waals surface area contributed by atoms with Crippen LogP contribution in [-0.2, 0) is 0 Å². The van der Waals surface area contributed by atoms with Gasteiger partial charge in [-0.2, -0.15) is 24.4 Å². The lowest BCUT2D eigenvalue weighted by Gasteiger charge is -2.13. The van der Waals surface area contributed by atoms with Gasteiger partial charge in [0.05, 0.1) is 0 Å². The first kappa shape index (κ1) is 11.9. The van der Waals surface area contributed by atoms with Crippen LogP contribution in [0, 0.1) is 0 Å². The van der Waals surface area contributed by atoms with Crippen LogP contribution in [0.3, 0.4) is 0 Å². The van der Waals surface area contributed by atoms with Gasteiger partial charge < -0.3 is 0 Å². The van der Waals surface area contributed by atoms with E-state index in [1.165, 1.54) is 16.3 Å². The molecule has 0 fully saturated rings. The van der Waals surface area contributed by atoms with Gasteiger partial charge in [0.25, 0.3) is 0 Å². The lowest BCUT2D eigenvalue weighted by Crippen LogP contribution is -1.92. The summed E-state index contributed by atoms with van der Waals surface area (Å²) < 4.78 is 0. The van der Waals surface area contributed by atoms with Gasteiger partial charge in [-0.25, -0.2) is 0 Å². The fourth-order valence-electron chi connectivity index (χ4n) is 1.92. The van der Waals surface area contributed by atoms with Gasteiger partial charge in [0, 0.05) is 11.0 Å². The zero-order valence-corrected chi connectivity index (χ0v) is 11.1. The predicted molar refractivity (Wildman–Crippen MR) is 78.7 cm³/mol. The number of benzene rings is 2. The van der Waals surface area contributed by atoms with Crippen LogP contribution in [0.15, 0.2) is 42.5 Å². The molecule has 16 heavy (non-hydrogen) atoms. The number of thioether (sulfide) groups is 1. The third-order valence-corrected chi connectivity index (χ3v) is 4.44. The number of hydrogen-bond acceptors (Lipinski definition) is 2. The van der Waals surface area contributed by atoms with E-state index in [-0.39, 0.29) is 0 Å². The minimum absolute atomic E-state index is 0.540. The second-order valence-electron chi connectivity index (χ2n) is 3.81. The van der Waals surface area contributed by atoms with Crippen molar-refractivity contribution in [3.8, 4) is 0 Å². The standard InChI is InChI=1S/C14H16S2/c1-11(16-10-9-15)13-8-4-6-12-5-2-3-7-14(12)13/h2-8,11,15H,9-10H2,1H3. The minimum Gasteiger partial charge on any atom is -0.179 e. The maximum atomic E-state index is 4.26. The topological polar surface area (TPSA) is 0 Å². The van der Waals surface area contributed by atoms with Gasteiger partial charge in [-0.1, -0.05) is 42.5 Å². The lowest BCUT2D eigenvalue weighted by molar-refractivity contribution is 1.12. The van der Waals surface area contributed by atoms with E-state index in [0.717, 1.165) is 11.5 Å². The Morgan fingerprint density at radius 3 is 2.69 bits per heavy atom. The molecule has 0 nitrogen and oxygen atoms in total. The summed E-state index contributed by atoms with van der Waals surface area (Å²) in [4.78, 5) is 0. The first-order valence-electron chi connectivity index (χ1n) is 5.53. The summed E-state index contributed by atoms with van der Waals surface area (Å²) in [6.45, 7) is 2.27. The van der Waals surface area contributed by atoms with Crippen molar-refractivity contribution in [3.05, 3.63) is 48.0 Å². The van der Waals surface area contributed by atoms with Crippen LogP contribution < -0.4 is 0 Å². The Hall–Kier alpha value is -0.600. The first-order chi connectivity index (χ1) is 7.83. The van der Waals surface area contributed by atoms with Gasteiger partial charge in [-0.3, -0.25) is 0 Å². The Labute approximate surface area is 107 Å². The summed E-state index contributed by atoms with van der Waals surface area (Å²) in [5, 5.41) is 3.25. The monoisotopic (exact) mass is 248 g/mol. The molecule has 0 aliphatic rings. The number of fused-ring (bicyclic) bond motifs is 1. The zero-order chi connectivity index (χ0) is 11.4. The molecule has 84 valence electrons. The Morgan fingerprint density at radius 1 is 1.12 bits per heavy atom. The Morgan fingerprint density at radius 2 is 1.88 bits per heavy atom. The molecule has 0 amide bonds. The summed E-state index contributed by atoms with van der Waals surface area (Å²) in [6, 6.07) is 15.2. The van der Waals surface area contributed by atoms with E-state index < -0.39 is 0 Å². The summed E-state index contributed by atoms with van der Waals surface area (Å²) in [7, 11) is 0. The molecule has 0 heterocycles. The molecule has 0 spiro atoms. The molecule has 0 aliphatic heterocycles. The molecule has 0 N–H and O–H groups in total. The van der Waals surface area contributed by atoms with Gasteiger partial charge in [-0.15, -0.1) is 0 Å². The van der Waals surface area contributed by atoms with Crippen molar-refractivity contribution in [1.29, 1.82) is 0 Å². The highest BCUT2D eigenvalue weighted by Gasteiger charge is 2.08. The highest BCUT2D eigenvalue weighted by molar-refractivity contribution is 8.00. The number of thiol groups is 1. The minimum atomic E-state index is 0.540. The van der Waals surface area contributed by atoms with E-state index in [9.17, 15) is 0 Å². The van der Waals surface area contributed by atoms with Crippen molar-refractivity contribution in [1.82, 2.24) is 0 Å². The third kappa shape index (κ3) is 2.55. The summed E-state index contributed by atoms with van der Waals surface area (Å²) in [5.41, 5.74) is 1.44. The van der Waals surface area contributed by atoms with Gasteiger partial charge in [0.15, 0.2) is 0 Å². The maximum absolute atomic E-state index is 4.26. The summed E-state index contributed by atoms with van der Waals surface area (Å²) >= 11 is 6.23. The van der Waals surface area contributed by atoms with E-state index in [0.29, 0.717) is 5.25 Å². The second kappa shape index (κ2) is 5.65. The maximum Gasteiger partial charge on any atom is 0.0275 e. The molecule has 0 bridgehead atoms. The van der Waals surface area contributed by atoms with Crippen LogP contribution in [-0.4, -0.2) is 11.5 Å². The van der Waals surface area contributed by atoms with E-state index in [4.69, 9.17) is 0 Å². The summed E-state index contributed by atoms with van der Waals surface area (Å²) in [5.74, 6) is 2.05. The van der Waals surface area contributed by atoms with Crippen molar-refractivity contribution in [2.75, 3.05) is 11.5 Å². The quantitative estimate of drug-likeness (QED) is 0.774. The number of hydrogen-bond donors (Lipinski definition) is 1. The first-order valence-corrected chi connectivity index (χ1v) is 7.21. The van der Waals surface area contributed by atoms with Crippen LogP contribution in [0.2, 0.25) is 0 Å². The van der Waals surface area contributed by atoms with E-state index in [1.54, 1.807) is 0 Å². The molecule has 0 aliphatic carbocycles.